The van der Waals surface area contributed by atoms with Crippen molar-refractivity contribution in [2.75, 3.05) is 12.8 Å². The summed E-state index contributed by atoms with van der Waals surface area (Å²) in [7, 11) is 1.72. The van der Waals surface area contributed by atoms with Crippen LogP contribution < -0.4 is 10.5 Å². The van der Waals surface area contributed by atoms with E-state index in [9.17, 15) is 0 Å². The van der Waals surface area contributed by atoms with Crippen LogP contribution in [-0.4, -0.2) is 12.3 Å². The number of fused-ring (bicyclic) bond motifs is 1. The Morgan fingerprint density at radius 3 is 2.67 bits per heavy atom. The van der Waals surface area contributed by atoms with Gasteiger partial charge in [0, 0.05) is 11.6 Å². The molecule has 0 spiro atoms. The Labute approximate surface area is 106 Å². The molecule has 1 aromatic heterocycles. The maximum Gasteiger partial charge on any atom is 0.169 e. The zero-order valence-electron chi connectivity index (χ0n) is 10.4. The SMILES string of the molecule is COc1ccc(-c2cc(N)no2)c2c1CCCC2. The molecule has 1 heterocycles. The molecule has 94 valence electrons. The van der Waals surface area contributed by atoms with Gasteiger partial charge in [-0.05, 0) is 48.9 Å². The third-order valence-corrected chi connectivity index (χ3v) is 3.51. The summed E-state index contributed by atoms with van der Waals surface area (Å²) in [6.07, 6.45) is 4.54. The second-order valence-electron chi connectivity index (χ2n) is 4.60. The monoisotopic (exact) mass is 244 g/mol. The largest absolute Gasteiger partial charge is 0.496 e. The molecule has 4 nitrogen and oxygen atoms in total. The van der Waals surface area contributed by atoms with Crippen LogP contribution in [0.5, 0.6) is 5.75 Å². The van der Waals surface area contributed by atoms with Crippen molar-refractivity contribution in [2.45, 2.75) is 25.7 Å². The quantitative estimate of drug-likeness (QED) is 0.882. The molecule has 1 aliphatic carbocycles. The van der Waals surface area contributed by atoms with Crippen molar-refractivity contribution < 1.29 is 9.26 Å². The highest BCUT2D eigenvalue weighted by Crippen LogP contribution is 2.37. The lowest BCUT2D eigenvalue weighted by Crippen LogP contribution is -2.06. The fourth-order valence-corrected chi connectivity index (χ4v) is 2.67. The Hall–Kier alpha value is -1.97. The summed E-state index contributed by atoms with van der Waals surface area (Å²) in [5.74, 6) is 2.14. The normalized spacial score (nSPS) is 14.3. The van der Waals surface area contributed by atoms with Gasteiger partial charge in [-0.1, -0.05) is 5.16 Å². The van der Waals surface area contributed by atoms with Crippen molar-refractivity contribution in [1.82, 2.24) is 5.16 Å². The van der Waals surface area contributed by atoms with E-state index in [2.05, 4.69) is 5.16 Å². The van der Waals surface area contributed by atoms with E-state index < -0.39 is 0 Å². The van der Waals surface area contributed by atoms with E-state index in [1.54, 1.807) is 13.2 Å². The van der Waals surface area contributed by atoms with Crippen LogP contribution in [0.4, 0.5) is 5.82 Å². The van der Waals surface area contributed by atoms with Gasteiger partial charge in [0.1, 0.15) is 5.75 Å². The van der Waals surface area contributed by atoms with Gasteiger partial charge in [0.25, 0.3) is 0 Å². The summed E-state index contributed by atoms with van der Waals surface area (Å²) in [4.78, 5) is 0. The van der Waals surface area contributed by atoms with E-state index in [1.165, 1.54) is 24.0 Å². The number of anilines is 1. The zero-order chi connectivity index (χ0) is 12.5. The zero-order valence-corrected chi connectivity index (χ0v) is 10.4. The van der Waals surface area contributed by atoms with Gasteiger partial charge in [0.05, 0.1) is 7.11 Å². The Balaban J connectivity index is 2.16. The molecule has 2 aromatic rings. The maximum absolute atomic E-state index is 5.62. The average Bonchev–Trinajstić information content (AvgIpc) is 2.84. The number of nitrogens with zero attached hydrogens (tertiary/aromatic N) is 1. The first-order valence-corrected chi connectivity index (χ1v) is 6.21. The minimum Gasteiger partial charge on any atom is -0.496 e. The highest BCUT2D eigenvalue weighted by Gasteiger charge is 2.20. The van der Waals surface area contributed by atoms with Crippen molar-refractivity contribution in [3.8, 4) is 17.1 Å². The van der Waals surface area contributed by atoms with Crippen molar-refractivity contribution in [1.29, 1.82) is 0 Å². The number of benzene rings is 1. The minimum atomic E-state index is 0.422. The molecule has 0 radical (unpaired) electrons. The van der Waals surface area contributed by atoms with E-state index >= 15 is 0 Å². The number of nitrogens with two attached hydrogens (primary N) is 1. The lowest BCUT2D eigenvalue weighted by atomic mass is 9.87. The first kappa shape index (κ1) is 11.1. The van der Waals surface area contributed by atoms with Gasteiger partial charge in [-0.3, -0.25) is 0 Å². The summed E-state index contributed by atoms with van der Waals surface area (Å²) in [5, 5.41) is 3.76. The van der Waals surface area contributed by atoms with Crippen molar-refractivity contribution in [2.24, 2.45) is 0 Å². The van der Waals surface area contributed by atoms with Gasteiger partial charge in [0.15, 0.2) is 11.6 Å². The molecule has 0 saturated heterocycles. The van der Waals surface area contributed by atoms with E-state index in [0.717, 1.165) is 29.9 Å². The highest BCUT2D eigenvalue weighted by atomic mass is 16.5. The summed E-state index contributed by atoms with van der Waals surface area (Å²) in [6.45, 7) is 0. The summed E-state index contributed by atoms with van der Waals surface area (Å²) in [6, 6.07) is 5.80. The summed E-state index contributed by atoms with van der Waals surface area (Å²) < 4.78 is 10.7. The number of nitrogen functional groups attached to an aromatic ring is 1. The standard InChI is InChI=1S/C14H16N2O2/c1-17-12-7-6-11(13-8-14(15)16-18-13)9-4-2-3-5-10(9)12/h6-8H,2-5H2,1H3,(H2,15,16). The summed E-state index contributed by atoms with van der Waals surface area (Å²) in [5.41, 5.74) is 9.33. The van der Waals surface area contributed by atoms with Crippen LogP contribution in [0.15, 0.2) is 22.7 Å². The lowest BCUT2D eigenvalue weighted by molar-refractivity contribution is 0.405. The predicted molar refractivity (Wildman–Crippen MR) is 69.5 cm³/mol. The van der Waals surface area contributed by atoms with Crippen LogP contribution in [-0.2, 0) is 12.8 Å². The fraction of sp³-hybridized carbons (Fsp3) is 0.357. The van der Waals surface area contributed by atoms with Gasteiger partial charge >= 0.3 is 0 Å². The minimum absolute atomic E-state index is 0.422. The Kier molecular flexibility index (Phi) is 2.70. The topological polar surface area (TPSA) is 61.3 Å². The van der Waals surface area contributed by atoms with Crippen LogP contribution in [0, 0.1) is 0 Å². The number of hydrogen-bond donors (Lipinski definition) is 1. The second kappa shape index (κ2) is 4.37. The van der Waals surface area contributed by atoms with Crippen LogP contribution in [0.25, 0.3) is 11.3 Å². The smallest absolute Gasteiger partial charge is 0.169 e. The van der Waals surface area contributed by atoms with Crippen LogP contribution in [0.3, 0.4) is 0 Å². The number of methoxy groups -OCH3 is 1. The molecular weight excluding hydrogens is 228 g/mol. The molecule has 4 heteroatoms. The Bertz CT molecular complexity index is 575. The molecule has 0 saturated carbocycles. The lowest BCUT2D eigenvalue weighted by Gasteiger charge is -2.20. The third-order valence-electron chi connectivity index (χ3n) is 3.51. The number of hydrogen-bond acceptors (Lipinski definition) is 4. The van der Waals surface area contributed by atoms with Gasteiger partial charge in [-0.2, -0.15) is 0 Å². The Morgan fingerprint density at radius 2 is 2.00 bits per heavy atom. The first-order chi connectivity index (χ1) is 8.79. The molecule has 0 bridgehead atoms. The number of ether oxygens (including phenoxy) is 1. The number of rotatable bonds is 2. The van der Waals surface area contributed by atoms with Crippen LogP contribution in [0.1, 0.15) is 24.0 Å². The predicted octanol–water partition coefficient (Wildman–Crippen LogP) is 2.81. The van der Waals surface area contributed by atoms with E-state index in [4.69, 9.17) is 15.0 Å². The van der Waals surface area contributed by atoms with Gasteiger partial charge < -0.3 is 15.0 Å². The molecule has 0 atom stereocenters. The Morgan fingerprint density at radius 1 is 1.22 bits per heavy atom. The molecule has 0 amide bonds. The average molecular weight is 244 g/mol. The molecule has 1 aromatic carbocycles. The highest BCUT2D eigenvalue weighted by molar-refractivity contribution is 5.68. The molecule has 0 fully saturated rings. The van der Waals surface area contributed by atoms with Crippen molar-refractivity contribution in [3.05, 3.63) is 29.3 Å². The molecule has 18 heavy (non-hydrogen) atoms. The summed E-state index contributed by atoms with van der Waals surface area (Å²) >= 11 is 0. The fourth-order valence-electron chi connectivity index (χ4n) is 2.67. The molecule has 0 aliphatic heterocycles. The van der Waals surface area contributed by atoms with E-state index in [0.29, 0.717) is 5.82 Å². The molecule has 0 unspecified atom stereocenters. The number of aromatic nitrogens is 1. The van der Waals surface area contributed by atoms with Crippen molar-refractivity contribution in [3.63, 3.8) is 0 Å². The molecule has 2 N–H and O–H groups in total. The van der Waals surface area contributed by atoms with Gasteiger partial charge in [-0.15, -0.1) is 0 Å². The maximum atomic E-state index is 5.62. The molecular formula is C14H16N2O2. The van der Waals surface area contributed by atoms with Gasteiger partial charge in [0.2, 0.25) is 0 Å². The first-order valence-electron chi connectivity index (χ1n) is 6.21. The van der Waals surface area contributed by atoms with Crippen molar-refractivity contribution >= 4 is 5.82 Å². The molecule has 3 rings (SSSR count). The van der Waals surface area contributed by atoms with E-state index in [1.807, 2.05) is 12.1 Å². The molecule has 1 aliphatic rings. The third kappa shape index (κ3) is 1.74. The van der Waals surface area contributed by atoms with Gasteiger partial charge in [-0.25, -0.2) is 0 Å². The van der Waals surface area contributed by atoms with Crippen LogP contribution >= 0.6 is 0 Å². The van der Waals surface area contributed by atoms with E-state index in [-0.39, 0.29) is 0 Å². The second-order valence-corrected chi connectivity index (χ2v) is 4.60. The van der Waals surface area contributed by atoms with Crippen LogP contribution in [0.2, 0.25) is 0 Å².